The summed E-state index contributed by atoms with van der Waals surface area (Å²) >= 11 is 0. The molecule has 1 saturated carbocycles. The molecule has 1 fully saturated rings. The highest BCUT2D eigenvalue weighted by molar-refractivity contribution is 5.85. The SMILES string of the molecule is CCNC1(C(N)=O)CCC(OCCOCC)C1. The second-order valence-electron chi connectivity index (χ2n) is 4.41. The third-order valence-electron chi connectivity index (χ3n) is 3.24. The zero-order chi connectivity index (χ0) is 12.7. The van der Waals surface area contributed by atoms with E-state index in [0.717, 1.165) is 19.4 Å². The first-order chi connectivity index (χ1) is 8.14. The fraction of sp³-hybridized carbons (Fsp3) is 0.917. The fourth-order valence-electron chi connectivity index (χ4n) is 2.37. The van der Waals surface area contributed by atoms with Crippen LogP contribution >= 0.6 is 0 Å². The molecular formula is C12H24N2O3. The van der Waals surface area contributed by atoms with Gasteiger partial charge in [-0.3, -0.25) is 4.79 Å². The third kappa shape index (κ3) is 3.94. The van der Waals surface area contributed by atoms with Gasteiger partial charge in [-0.05, 0) is 26.3 Å². The van der Waals surface area contributed by atoms with E-state index in [0.29, 0.717) is 26.2 Å². The van der Waals surface area contributed by atoms with Crippen LogP contribution in [0.5, 0.6) is 0 Å². The van der Waals surface area contributed by atoms with Crippen LogP contribution < -0.4 is 11.1 Å². The van der Waals surface area contributed by atoms with Gasteiger partial charge in [0.1, 0.15) is 5.54 Å². The molecule has 5 nitrogen and oxygen atoms in total. The molecule has 0 saturated heterocycles. The Balaban J connectivity index is 2.35. The molecule has 1 rings (SSSR count). The molecule has 0 aromatic heterocycles. The summed E-state index contributed by atoms with van der Waals surface area (Å²) in [6, 6.07) is 0. The standard InChI is InChI=1S/C12H24N2O3/c1-3-14-12(11(13)15)6-5-10(9-12)17-8-7-16-4-2/h10,14H,3-9H2,1-2H3,(H2,13,15). The number of ether oxygens (including phenoxy) is 2. The molecule has 1 amide bonds. The number of carbonyl (C=O) groups is 1. The van der Waals surface area contributed by atoms with Crippen molar-refractivity contribution in [2.24, 2.45) is 5.73 Å². The van der Waals surface area contributed by atoms with Crippen LogP contribution in [0.4, 0.5) is 0 Å². The zero-order valence-corrected chi connectivity index (χ0v) is 10.8. The smallest absolute Gasteiger partial charge is 0.237 e. The molecule has 0 aliphatic heterocycles. The molecule has 0 aromatic rings. The Morgan fingerprint density at radius 3 is 2.82 bits per heavy atom. The highest BCUT2D eigenvalue weighted by Gasteiger charge is 2.43. The number of amides is 1. The summed E-state index contributed by atoms with van der Waals surface area (Å²) in [6.07, 6.45) is 2.42. The summed E-state index contributed by atoms with van der Waals surface area (Å²) in [5.41, 5.74) is 4.91. The van der Waals surface area contributed by atoms with Crippen LogP contribution in [0.2, 0.25) is 0 Å². The van der Waals surface area contributed by atoms with Gasteiger partial charge >= 0.3 is 0 Å². The Labute approximate surface area is 103 Å². The number of hydrogen-bond acceptors (Lipinski definition) is 4. The lowest BCUT2D eigenvalue weighted by Gasteiger charge is -2.26. The van der Waals surface area contributed by atoms with E-state index in [2.05, 4.69) is 5.32 Å². The Kier molecular flexibility index (Phi) is 5.88. The lowest BCUT2D eigenvalue weighted by atomic mass is 9.96. The van der Waals surface area contributed by atoms with Crippen LogP contribution in [0.1, 0.15) is 33.1 Å². The van der Waals surface area contributed by atoms with E-state index in [1.54, 1.807) is 0 Å². The maximum Gasteiger partial charge on any atom is 0.237 e. The molecule has 1 aliphatic rings. The molecule has 2 unspecified atom stereocenters. The largest absolute Gasteiger partial charge is 0.379 e. The van der Waals surface area contributed by atoms with Gasteiger partial charge in [0.15, 0.2) is 0 Å². The molecule has 3 N–H and O–H groups in total. The highest BCUT2D eigenvalue weighted by atomic mass is 16.5. The average molecular weight is 244 g/mol. The Hall–Kier alpha value is -0.650. The molecule has 5 heteroatoms. The Morgan fingerprint density at radius 1 is 1.47 bits per heavy atom. The lowest BCUT2D eigenvalue weighted by Crippen LogP contribution is -2.53. The maximum absolute atomic E-state index is 11.5. The van der Waals surface area contributed by atoms with Crippen LogP contribution in [-0.2, 0) is 14.3 Å². The number of primary amides is 1. The monoisotopic (exact) mass is 244 g/mol. The number of hydrogen-bond donors (Lipinski definition) is 2. The van der Waals surface area contributed by atoms with Gasteiger partial charge in [-0.25, -0.2) is 0 Å². The van der Waals surface area contributed by atoms with Gasteiger partial charge in [-0.15, -0.1) is 0 Å². The van der Waals surface area contributed by atoms with Crippen LogP contribution in [0.15, 0.2) is 0 Å². The van der Waals surface area contributed by atoms with Crippen LogP contribution in [0.25, 0.3) is 0 Å². The van der Waals surface area contributed by atoms with E-state index in [1.165, 1.54) is 0 Å². The number of likely N-dealkylation sites (N-methyl/N-ethyl adjacent to an activating group) is 1. The highest BCUT2D eigenvalue weighted by Crippen LogP contribution is 2.31. The normalized spacial score (nSPS) is 28.5. The molecule has 0 spiro atoms. The predicted molar refractivity (Wildman–Crippen MR) is 65.7 cm³/mol. The van der Waals surface area contributed by atoms with E-state index in [9.17, 15) is 4.79 Å². The Morgan fingerprint density at radius 2 is 2.24 bits per heavy atom. The van der Waals surface area contributed by atoms with E-state index < -0.39 is 5.54 Å². The molecule has 0 radical (unpaired) electrons. The minimum Gasteiger partial charge on any atom is -0.379 e. The molecule has 2 atom stereocenters. The molecule has 17 heavy (non-hydrogen) atoms. The Bertz CT molecular complexity index is 248. The number of carbonyl (C=O) groups excluding carboxylic acids is 1. The van der Waals surface area contributed by atoms with Gasteiger partial charge in [0.05, 0.1) is 19.3 Å². The molecule has 0 heterocycles. The van der Waals surface area contributed by atoms with E-state index in [4.69, 9.17) is 15.2 Å². The van der Waals surface area contributed by atoms with Crippen LogP contribution in [0, 0.1) is 0 Å². The summed E-state index contributed by atoms with van der Waals surface area (Å²) in [5.74, 6) is -0.268. The average Bonchev–Trinajstić information content (AvgIpc) is 2.70. The quantitative estimate of drug-likeness (QED) is 0.607. The van der Waals surface area contributed by atoms with Crippen LogP contribution in [0.3, 0.4) is 0 Å². The van der Waals surface area contributed by atoms with Gasteiger partial charge in [-0.2, -0.15) is 0 Å². The first-order valence-electron chi connectivity index (χ1n) is 6.39. The van der Waals surface area contributed by atoms with Gasteiger partial charge < -0.3 is 20.5 Å². The summed E-state index contributed by atoms with van der Waals surface area (Å²) in [4.78, 5) is 11.5. The third-order valence-corrected chi connectivity index (χ3v) is 3.24. The first-order valence-corrected chi connectivity index (χ1v) is 6.39. The maximum atomic E-state index is 11.5. The summed E-state index contributed by atoms with van der Waals surface area (Å²) in [5, 5.41) is 3.20. The van der Waals surface area contributed by atoms with Crippen molar-refractivity contribution < 1.29 is 14.3 Å². The summed E-state index contributed by atoms with van der Waals surface area (Å²) < 4.78 is 10.9. The predicted octanol–water partition coefficient (Wildman–Crippen LogP) is 0.426. The van der Waals surface area contributed by atoms with Crippen molar-refractivity contribution >= 4 is 5.91 Å². The second kappa shape index (κ2) is 6.93. The molecule has 100 valence electrons. The topological polar surface area (TPSA) is 73.6 Å². The van der Waals surface area contributed by atoms with Crippen molar-refractivity contribution in [2.45, 2.75) is 44.8 Å². The minimum absolute atomic E-state index is 0.113. The second-order valence-corrected chi connectivity index (χ2v) is 4.41. The number of nitrogens with two attached hydrogens (primary N) is 1. The van der Waals surface area contributed by atoms with E-state index in [1.807, 2.05) is 13.8 Å². The summed E-state index contributed by atoms with van der Waals surface area (Å²) in [6.45, 7) is 6.58. The van der Waals surface area contributed by atoms with Crippen molar-refractivity contribution in [3.05, 3.63) is 0 Å². The van der Waals surface area contributed by atoms with Crippen molar-refractivity contribution in [3.63, 3.8) is 0 Å². The number of rotatable bonds is 8. The van der Waals surface area contributed by atoms with Crippen molar-refractivity contribution in [1.29, 1.82) is 0 Å². The van der Waals surface area contributed by atoms with Crippen LogP contribution in [-0.4, -0.2) is 43.9 Å². The van der Waals surface area contributed by atoms with Gasteiger partial charge in [0, 0.05) is 13.0 Å². The zero-order valence-electron chi connectivity index (χ0n) is 10.8. The van der Waals surface area contributed by atoms with E-state index >= 15 is 0 Å². The first kappa shape index (κ1) is 14.4. The molecule has 0 aromatic carbocycles. The van der Waals surface area contributed by atoms with Gasteiger partial charge in [0.25, 0.3) is 0 Å². The molecular weight excluding hydrogens is 220 g/mol. The van der Waals surface area contributed by atoms with E-state index in [-0.39, 0.29) is 12.0 Å². The van der Waals surface area contributed by atoms with Crippen molar-refractivity contribution in [1.82, 2.24) is 5.32 Å². The van der Waals surface area contributed by atoms with Crippen molar-refractivity contribution in [2.75, 3.05) is 26.4 Å². The van der Waals surface area contributed by atoms with Gasteiger partial charge in [-0.1, -0.05) is 6.92 Å². The van der Waals surface area contributed by atoms with Gasteiger partial charge in [0.2, 0.25) is 5.91 Å². The molecule has 0 bridgehead atoms. The number of nitrogens with one attached hydrogen (secondary N) is 1. The lowest BCUT2D eigenvalue weighted by molar-refractivity contribution is -0.124. The molecule has 1 aliphatic carbocycles. The minimum atomic E-state index is -0.564. The summed E-state index contributed by atoms with van der Waals surface area (Å²) in [7, 11) is 0. The fourth-order valence-corrected chi connectivity index (χ4v) is 2.37. The van der Waals surface area contributed by atoms with Crippen molar-refractivity contribution in [3.8, 4) is 0 Å².